The monoisotopic (exact) mass is 383 g/mol. The fraction of sp³-hybridized carbons (Fsp3) is 0.250. The van der Waals surface area contributed by atoms with E-state index in [0.29, 0.717) is 24.3 Å². The zero-order valence-electron chi connectivity index (χ0n) is 15.2. The molecule has 1 aromatic carbocycles. The number of amides is 1. The third-order valence-electron chi connectivity index (χ3n) is 3.93. The van der Waals surface area contributed by atoms with Gasteiger partial charge < -0.3 is 10.1 Å². The number of hydrogen-bond donors (Lipinski definition) is 1. The van der Waals surface area contributed by atoms with Gasteiger partial charge in [0, 0.05) is 12.7 Å². The molecule has 0 aliphatic heterocycles. The van der Waals surface area contributed by atoms with Crippen LogP contribution in [0.15, 0.2) is 54.0 Å². The van der Waals surface area contributed by atoms with Crippen molar-refractivity contribution in [3.63, 3.8) is 0 Å². The van der Waals surface area contributed by atoms with Crippen LogP contribution in [0.25, 0.3) is 10.6 Å². The summed E-state index contributed by atoms with van der Waals surface area (Å²) >= 11 is 1.50. The third-order valence-corrected chi connectivity index (χ3v) is 4.80. The summed E-state index contributed by atoms with van der Waals surface area (Å²) in [6.07, 6.45) is 0.806. The highest BCUT2D eigenvalue weighted by Gasteiger charge is 2.24. The molecule has 0 bridgehead atoms. The lowest BCUT2D eigenvalue weighted by atomic mass is 10.2. The van der Waals surface area contributed by atoms with Gasteiger partial charge in [-0.15, -0.1) is 11.3 Å². The van der Waals surface area contributed by atoms with Gasteiger partial charge in [-0.3, -0.25) is 9.48 Å². The number of rotatable bonds is 7. The van der Waals surface area contributed by atoms with E-state index in [2.05, 4.69) is 10.4 Å². The second kappa shape index (κ2) is 8.64. The van der Waals surface area contributed by atoms with Crippen molar-refractivity contribution in [3.8, 4) is 10.6 Å². The van der Waals surface area contributed by atoms with Gasteiger partial charge in [-0.25, -0.2) is 4.79 Å². The van der Waals surface area contributed by atoms with Crippen LogP contribution in [-0.4, -0.2) is 34.3 Å². The standard InChI is InChI=1S/C20H21N3O3S/c1-3-21-19(24)14(2)26-20(25)16-13-23(12-15-8-5-4-6-9-15)22-18(16)17-10-7-11-27-17/h4-11,13-14H,3,12H2,1-2H3,(H,21,24)/t14-/m0/s1. The van der Waals surface area contributed by atoms with E-state index in [-0.39, 0.29) is 5.91 Å². The molecule has 0 saturated heterocycles. The van der Waals surface area contributed by atoms with Gasteiger partial charge in [0.05, 0.1) is 11.4 Å². The van der Waals surface area contributed by atoms with Crippen LogP contribution in [-0.2, 0) is 16.1 Å². The van der Waals surface area contributed by atoms with Crippen molar-refractivity contribution in [3.05, 3.63) is 65.2 Å². The molecule has 0 radical (unpaired) electrons. The van der Waals surface area contributed by atoms with E-state index < -0.39 is 12.1 Å². The molecule has 2 aromatic heterocycles. The van der Waals surface area contributed by atoms with Crippen molar-refractivity contribution in [2.45, 2.75) is 26.5 Å². The van der Waals surface area contributed by atoms with Crippen molar-refractivity contribution in [2.24, 2.45) is 0 Å². The first-order valence-electron chi connectivity index (χ1n) is 8.72. The van der Waals surface area contributed by atoms with E-state index in [1.807, 2.05) is 54.8 Å². The summed E-state index contributed by atoms with van der Waals surface area (Å²) in [7, 11) is 0. The molecule has 3 rings (SSSR count). The molecule has 0 aliphatic carbocycles. The molecule has 0 saturated carbocycles. The van der Waals surface area contributed by atoms with Crippen molar-refractivity contribution in [1.29, 1.82) is 0 Å². The minimum absolute atomic E-state index is 0.319. The van der Waals surface area contributed by atoms with Gasteiger partial charge >= 0.3 is 5.97 Å². The summed E-state index contributed by atoms with van der Waals surface area (Å²) in [5.74, 6) is -0.878. The fourth-order valence-electron chi connectivity index (χ4n) is 2.61. The van der Waals surface area contributed by atoms with Crippen LogP contribution in [0.3, 0.4) is 0 Å². The van der Waals surface area contributed by atoms with E-state index in [9.17, 15) is 9.59 Å². The molecule has 0 aliphatic rings. The van der Waals surface area contributed by atoms with Gasteiger partial charge in [0.25, 0.3) is 5.91 Å². The molecule has 2 heterocycles. The van der Waals surface area contributed by atoms with Gasteiger partial charge in [0.2, 0.25) is 0 Å². The number of aromatic nitrogens is 2. The van der Waals surface area contributed by atoms with E-state index in [1.165, 1.54) is 11.3 Å². The average Bonchev–Trinajstić information content (AvgIpc) is 3.32. The molecular formula is C20H21N3O3S. The number of nitrogens with zero attached hydrogens (tertiary/aromatic N) is 2. The number of benzene rings is 1. The van der Waals surface area contributed by atoms with Gasteiger partial charge in [-0.05, 0) is 30.9 Å². The molecule has 0 unspecified atom stereocenters. The average molecular weight is 383 g/mol. The zero-order chi connectivity index (χ0) is 19.2. The number of nitrogens with one attached hydrogen (secondary N) is 1. The first-order chi connectivity index (χ1) is 13.1. The van der Waals surface area contributed by atoms with E-state index in [4.69, 9.17) is 4.74 Å². The van der Waals surface area contributed by atoms with Gasteiger partial charge in [-0.2, -0.15) is 5.10 Å². The number of likely N-dealkylation sites (N-methyl/N-ethyl adjacent to an activating group) is 1. The SMILES string of the molecule is CCNC(=O)[C@H](C)OC(=O)c1cn(Cc2ccccc2)nc1-c1cccs1. The van der Waals surface area contributed by atoms with E-state index in [1.54, 1.807) is 17.8 Å². The maximum absolute atomic E-state index is 12.7. The predicted octanol–water partition coefficient (Wildman–Crippen LogP) is 3.34. The molecular weight excluding hydrogens is 362 g/mol. The number of hydrogen-bond acceptors (Lipinski definition) is 5. The second-order valence-electron chi connectivity index (χ2n) is 5.99. The predicted molar refractivity (Wildman–Crippen MR) is 105 cm³/mol. The molecule has 0 fully saturated rings. The Bertz CT molecular complexity index is 904. The lowest BCUT2D eigenvalue weighted by Crippen LogP contribution is -2.35. The summed E-state index contributed by atoms with van der Waals surface area (Å²) in [6.45, 7) is 4.39. The van der Waals surface area contributed by atoms with Crippen LogP contribution < -0.4 is 5.32 Å². The Hall–Kier alpha value is -2.93. The van der Waals surface area contributed by atoms with Crippen molar-refractivity contribution in [1.82, 2.24) is 15.1 Å². The van der Waals surface area contributed by atoms with E-state index >= 15 is 0 Å². The maximum Gasteiger partial charge on any atom is 0.342 e. The van der Waals surface area contributed by atoms with Crippen LogP contribution in [0.2, 0.25) is 0 Å². The zero-order valence-corrected chi connectivity index (χ0v) is 16.0. The Morgan fingerprint density at radius 1 is 1.22 bits per heavy atom. The number of ether oxygens (including phenoxy) is 1. The summed E-state index contributed by atoms with van der Waals surface area (Å²) in [4.78, 5) is 25.4. The summed E-state index contributed by atoms with van der Waals surface area (Å²) < 4.78 is 7.07. The quantitative estimate of drug-likeness (QED) is 0.635. The second-order valence-corrected chi connectivity index (χ2v) is 6.94. The topological polar surface area (TPSA) is 73.2 Å². The van der Waals surface area contributed by atoms with Gasteiger partial charge in [-0.1, -0.05) is 36.4 Å². The minimum atomic E-state index is -0.869. The van der Waals surface area contributed by atoms with Crippen LogP contribution >= 0.6 is 11.3 Å². The highest BCUT2D eigenvalue weighted by atomic mass is 32.1. The maximum atomic E-state index is 12.7. The van der Waals surface area contributed by atoms with Crippen LogP contribution in [0.5, 0.6) is 0 Å². The lowest BCUT2D eigenvalue weighted by Gasteiger charge is -2.12. The van der Waals surface area contributed by atoms with Gasteiger partial charge in [0.1, 0.15) is 11.3 Å². The molecule has 0 spiro atoms. The highest BCUT2D eigenvalue weighted by molar-refractivity contribution is 7.13. The number of thiophene rings is 1. The minimum Gasteiger partial charge on any atom is -0.449 e. The lowest BCUT2D eigenvalue weighted by molar-refractivity contribution is -0.128. The summed E-state index contributed by atoms with van der Waals surface area (Å²) in [5.41, 5.74) is 1.99. The first-order valence-corrected chi connectivity index (χ1v) is 9.60. The van der Waals surface area contributed by atoms with Crippen LogP contribution in [0, 0.1) is 0 Å². The Morgan fingerprint density at radius 3 is 2.67 bits per heavy atom. The molecule has 1 atom stereocenters. The highest BCUT2D eigenvalue weighted by Crippen LogP contribution is 2.27. The fourth-order valence-corrected chi connectivity index (χ4v) is 3.34. The summed E-state index contributed by atoms with van der Waals surface area (Å²) in [6, 6.07) is 13.7. The van der Waals surface area contributed by atoms with Crippen LogP contribution in [0.4, 0.5) is 0 Å². The molecule has 6 nitrogen and oxygen atoms in total. The van der Waals surface area contributed by atoms with Crippen molar-refractivity contribution < 1.29 is 14.3 Å². The molecule has 140 valence electrons. The molecule has 1 N–H and O–H groups in total. The smallest absolute Gasteiger partial charge is 0.342 e. The largest absolute Gasteiger partial charge is 0.449 e. The number of carbonyl (C=O) groups excluding carboxylic acids is 2. The van der Waals surface area contributed by atoms with Crippen molar-refractivity contribution >= 4 is 23.2 Å². The molecule has 27 heavy (non-hydrogen) atoms. The van der Waals surface area contributed by atoms with Crippen LogP contribution in [0.1, 0.15) is 29.8 Å². The molecule has 1 amide bonds. The Morgan fingerprint density at radius 2 is 2.00 bits per heavy atom. The first kappa shape index (κ1) is 18.8. The Labute approximate surface area is 161 Å². The Kier molecular flexibility index (Phi) is 6.03. The number of carbonyl (C=O) groups is 2. The summed E-state index contributed by atoms with van der Waals surface area (Å²) in [5, 5.41) is 9.16. The van der Waals surface area contributed by atoms with Crippen molar-refractivity contribution in [2.75, 3.05) is 6.54 Å². The van der Waals surface area contributed by atoms with Gasteiger partial charge in [0.15, 0.2) is 6.10 Å². The molecule has 7 heteroatoms. The number of esters is 1. The normalized spacial score (nSPS) is 11.8. The Balaban J connectivity index is 1.86. The third kappa shape index (κ3) is 4.62. The molecule has 3 aromatic rings. The van der Waals surface area contributed by atoms with E-state index in [0.717, 1.165) is 10.4 Å².